The number of halogens is 1. The predicted octanol–water partition coefficient (Wildman–Crippen LogP) is 3.99. The molecule has 2 fully saturated rings. The van der Waals surface area contributed by atoms with Gasteiger partial charge in [0.1, 0.15) is 6.29 Å². The van der Waals surface area contributed by atoms with Crippen molar-refractivity contribution in [2.45, 2.75) is 56.1 Å². The van der Waals surface area contributed by atoms with E-state index in [0.717, 1.165) is 37.4 Å². The summed E-state index contributed by atoms with van der Waals surface area (Å²) in [5.74, 6) is -0.517. The molecule has 1 aromatic carbocycles. The van der Waals surface area contributed by atoms with E-state index < -0.39 is 15.6 Å². The summed E-state index contributed by atoms with van der Waals surface area (Å²) in [5.41, 5.74) is 0.780. The van der Waals surface area contributed by atoms with Gasteiger partial charge in [-0.15, -0.1) is 0 Å². The van der Waals surface area contributed by atoms with E-state index in [0.29, 0.717) is 25.6 Å². The van der Waals surface area contributed by atoms with Crippen molar-refractivity contribution in [2.75, 3.05) is 19.5 Å². The van der Waals surface area contributed by atoms with Crippen LogP contribution in [0.15, 0.2) is 23.1 Å². The van der Waals surface area contributed by atoms with E-state index in [2.05, 4.69) is 13.8 Å². The first-order valence-electron chi connectivity index (χ1n) is 9.26. The van der Waals surface area contributed by atoms with E-state index in [1.807, 2.05) is 0 Å². The first-order valence-corrected chi connectivity index (χ1v) is 11.5. The lowest BCUT2D eigenvalue weighted by Crippen LogP contribution is -2.46. The predicted molar refractivity (Wildman–Crippen MR) is 104 cm³/mol. The molecule has 2 aliphatic rings. The molecule has 0 aromatic heterocycles. The standard InChI is InChI=1S/C20H27ClO5S/c1-19(2)12-25-20(26-13-19)7-6-14(10-20)8-16(11-22)15-4-5-18(17(21)9-15)27(3,23)24/h4-5,9,11,14,16H,6-8,10,12-13H2,1-3H3/t14-,16+/m1/s1. The fraction of sp³-hybridized carbons (Fsp3) is 0.650. The number of sulfone groups is 1. The first-order chi connectivity index (χ1) is 12.5. The van der Waals surface area contributed by atoms with Crippen LogP contribution in [0.4, 0.5) is 0 Å². The van der Waals surface area contributed by atoms with E-state index in [4.69, 9.17) is 21.1 Å². The van der Waals surface area contributed by atoms with Crippen molar-refractivity contribution in [3.8, 4) is 0 Å². The molecule has 1 aliphatic heterocycles. The number of hydrogen-bond donors (Lipinski definition) is 0. The molecule has 1 spiro atoms. The topological polar surface area (TPSA) is 69.7 Å². The number of benzene rings is 1. The van der Waals surface area contributed by atoms with E-state index in [1.54, 1.807) is 12.1 Å². The van der Waals surface area contributed by atoms with Crippen LogP contribution in [0.1, 0.15) is 51.0 Å². The third-order valence-electron chi connectivity index (χ3n) is 5.52. The van der Waals surface area contributed by atoms with Crippen molar-refractivity contribution < 1.29 is 22.7 Å². The number of rotatable bonds is 5. The molecule has 1 aliphatic carbocycles. The van der Waals surface area contributed by atoms with Crippen LogP contribution in [0.5, 0.6) is 0 Å². The van der Waals surface area contributed by atoms with Crippen molar-refractivity contribution in [1.82, 2.24) is 0 Å². The zero-order valence-electron chi connectivity index (χ0n) is 16.0. The molecular formula is C20H27ClO5S. The molecule has 0 radical (unpaired) electrons. The van der Waals surface area contributed by atoms with Gasteiger partial charge in [-0.1, -0.05) is 31.5 Å². The van der Waals surface area contributed by atoms with E-state index in [1.165, 1.54) is 6.07 Å². The Kier molecular flexibility index (Phi) is 5.75. The van der Waals surface area contributed by atoms with Crippen LogP contribution < -0.4 is 0 Å². The van der Waals surface area contributed by atoms with Crippen molar-refractivity contribution in [2.24, 2.45) is 11.3 Å². The third kappa shape index (κ3) is 4.73. The molecule has 3 rings (SSSR count). The minimum Gasteiger partial charge on any atom is -0.349 e. The van der Waals surface area contributed by atoms with E-state index in [9.17, 15) is 13.2 Å². The SMILES string of the molecule is CC1(C)COC2(CC[C@H](C[C@@H](C=O)c3ccc(S(C)(=O)=O)c(Cl)c3)C2)OC1. The first kappa shape index (κ1) is 20.8. The molecule has 27 heavy (non-hydrogen) atoms. The van der Waals surface area contributed by atoms with Gasteiger partial charge in [0.25, 0.3) is 0 Å². The monoisotopic (exact) mass is 414 g/mol. The van der Waals surface area contributed by atoms with Crippen LogP contribution in [0.3, 0.4) is 0 Å². The molecule has 1 saturated carbocycles. The maximum Gasteiger partial charge on any atom is 0.176 e. The number of aldehydes is 1. The number of carbonyl (C=O) groups is 1. The van der Waals surface area contributed by atoms with Crippen molar-refractivity contribution in [1.29, 1.82) is 0 Å². The van der Waals surface area contributed by atoms with Gasteiger partial charge in [-0.05, 0) is 36.5 Å². The lowest BCUT2D eigenvalue weighted by atomic mass is 9.88. The summed E-state index contributed by atoms with van der Waals surface area (Å²) in [6, 6.07) is 4.76. The van der Waals surface area contributed by atoms with Gasteiger partial charge >= 0.3 is 0 Å². The molecule has 7 heteroatoms. The van der Waals surface area contributed by atoms with Crippen LogP contribution in [-0.4, -0.2) is 40.0 Å². The molecule has 0 N–H and O–H groups in total. The highest BCUT2D eigenvalue weighted by molar-refractivity contribution is 7.90. The summed E-state index contributed by atoms with van der Waals surface area (Å²) in [4.78, 5) is 11.8. The van der Waals surface area contributed by atoms with Crippen molar-refractivity contribution in [3.63, 3.8) is 0 Å². The number of ether oxygens (including phenoxy) is 2. The Hall–Kier alpha value is -0.950. The molecule has 0 bridgehead atoms. The molecule has 1 heterocycles. The maximum atomic E-state index is 11.7. The van der Waals surface area contributed by atoms with Crippen LogP contribution in [-0.2, 0) is 24.1 Å². The quantitative estimate of drug-likeness (QED) is 0.681. The Balaban J connectivity index is 1.68. The Morgan fingerprint density at radius 3 is 2.52 bits per heavy atom. The summed E-state index contributed by atoms with van der Waals surface area (Å²) in [6.07, 6.45) is 5.28. The number of carbonyl (C=O) groups excluding carboxylic acids is 1. The van der Waals surface area contributed by atoms with Gasteiger partial charge in [0.15, 0.2) is 15.6 Å². The normalized spacial score (nSPS) is 25.4. The third-order valence-corrected chi connectivity index (χ3v) is 7.10. The van der Waals surface area contributed by atoms with E-state index in [-0.39, 0.29) is 21.3 Å². The second kappa shape index (κ2) is 7.47. The molecule has 2 atom stereocenters. The highest BCUT2D eigenvalue weighted by atomic mass is 35.5. The second-order valence-electron chi connectivity index (χ2n) is 8.70. The minimum atomic E-state index is -3.39. The second-order valence-corrected chi connectivity index (χ2v) is 11.1. The van der Waals surface area contributed by atoms with Gasteiger partial charge in [0.05, 0.1) is 23.1 Å². The summed E-state index contributed by atoms with van der Waals surface area (Å²) in [7, 11) is -3.39. The molecule has 1 aromatic rings. The fourth-order valence-electron chi connectivity index (χ4n) is 3.95. The highest BCUT2D eigenvalue weighted by Crippen LogP contribution is 2.46. The average Bonchev–Trinajstić information content (AvgIpc) is 2.98. The van der Waals surface area contributed by atoms with E-state index >= 15 is 0 Å². The zero-order valence-corrected chi connectivity index (χ0v) is 17.6. The highest BCUT2D eigenvalue weighted by Gasteiger charge is 2.46. The zero-order chi connectivity index (χ0) is 19.9. The van der Waals surface area contributed by atoms with Gasteiger partial charge in [0, 0.05) is 30.4 Å². The Morgan fingerprint density at radius 2 is 1.96 bits per heavy atom. The number of hydrogen-bond acceptors (Lipinski definition) is 5. The van der Waals surface area contributed by atoms with Gasteiger partial charge in [-0.25, -0.2) is 8.42 Å². The Bertz CT molecular complexity index is 808. The van der Waals surface area contributed by atoms with Crippen LogP contribution >= 0.6 is 11.6 Å². The lowest BCUT2D eigenvalue weighted by molar-refractivity contribution is -0.296. The lowest BCUT2D eigenvalue weighted by Gasteiger charge is -2.41. The van der Waals surface area contributed by atoms with Gasteiger partial charge < -0.3 is 14.3 Å². The molecule has 5 nitrogen and oxygen atoms in total. The summed E-state index contributed by atoms with van der Waals surface area (Å²) < 4.78 is 35.6. The minimum absolute atomic E-state index is 0.0345. The van der Waals surface area contributed by atoms with Crippen LogP contribution in [0.25, 0.3) is 0 Å². The van der Waals surface area contributed by atoms with Crippen LogP contribution in [0, 0.1) is 11.3 Å². The average molecular weight is 415 g/mol. The van der Waals surface area contributed by atoms with Crippen LogP contribution in [0.2, 0.25) is 5.02 Å². The summed E-state index contributed by atoms with van der Waals surface area (Å²) in [6.45, 7) is 5.61. The smallest absolute Gasteiger partial charge is 0.176 e. The Morgan fingerprint density at radius 1 is 1.30 bits per heavy atom. The van der Waals surface area contributed by atoms with Gasteiger partial charge in [0.2, 0.25) is 0 Å². The van der Waals surface area contributed by atoms with Crippen molar-refractivity contribution >= 4 is 27.7 Å². The molecule has 0 unspecified atom stereocenters. The maximum absolute atomic E-state index is 11.7. The van der Waals surface area contributed by atoms with Crippen molar-refractivity contribution in [3.05, 3.63) is 28.8 Å². The molecular weight excluding hydrogens is 388 g/mol. The molecule has 0 amide bonds. The molecule has 1 saturated heterocycles. The largest absolute Gasteiger partial charge is 0.349 e. The summed E-state index contributed by atoms with van der Waals surface area (Å²) in [5, 5.41) is 0.158. The Labute approximate surface area is 166 Å². The molecule has 150 valence electrons. The fourth-order valence-corrected chi connectivity index (χ4v) is 5.28. The van der Waals surface area contributed by atoms with Gasteiger partial charge in [-0.3, -0.25) is 0 Å². The van der Waals surface area contributed by atoms with Gasteiger partial charge in [-0.2, -0.15) is 0 Å². The summed E-state index contributed by atoms with van der Waals surface area (Å²) >= 11 is 6.14.